The van der Waals surface area contributed by atoms with Crippen LogP contribution in [0.25, 0.3) is 0 Å². The molecule has 0 unspecified atom stereocenters. The molecule has 0 radical (unpaired) electrons. The third kappa shape index (κ3) is 6.18. The van der Waals surface area contributed by atoms with Crippen molar-refractivity contribution >= 4 is 33.3 Å². The van der Waals surface area contributed by atoms with E-state index in [2.05, 4.69) is 10.6 Å². The zero-order chi connectivity index (χ0) is 34.5. The predicted molar refractivity (Wildman–Crippen MR) is 156 cm³/mol. The Labute approximate surface area is 272 Å². The summed E-state index contributed by atoms with van der Waals surface area (Å²) >= 11 is 0. The van der Waals surface area contributed by atoms with Gasteiger partial charge in [0.15, 0.2) is 11.6 Å². The molecule has 3 saturated carbocycles. The number of alkyl halides is 3. The lowest BCUT2D eigenvalue weighted by Crippen LogP contribution is -2.55. The number of fused-ring (bicyclic) bond motifs is 5. The van der Waals surface area contributed by atoms with Gasteiger partial charge in [0.1, 0.15) is 12.5 Å². The van der Waals surface area contributed by atoms with Gasteiger partial charge in [0.2, 0.25) is 5.91 Å². The van der Waals surface area contributed by atoms with E-state index in [-0.39, 0.29) is 29.5 Å². The normalized spacial score (nSPS) is 29.6. The number of carbonyl (C=O) groups is 3. The molecule has 1 aliphatic heterocycles. The Morgan fingerprint density at radius 1 is 0.979 bits per heavy atom. The minimum atomic E-state index is -5.68. The van der Waals surface area contributed by atoms with Crippen LogP contribution in [0, 0.1) is 29.5 Å². The van der Waals surface area contributed by atoms with Gasteiger partial charge < -0.3 is 34.7 Å². The number of hydrogen-bond acceptors (Lipinski definition) is 9. The van der Waals surface area contributed by atoms with Gasteiger partial charge in [0.05, 0.1) is 47.7 Å². The lowest BCUT2D eigenvalue weighted by molar-refractivity contribution is -0.143. The Balaban J connectivity index is 1.23. The zero-order valence-electron chi connectivity index (χ0n) is 25.4. The second-order valence-corrected chi connectivity index (χ2v) is 14.3. The first-order valence-corrected chi connectivity index (χ1v) is 16.7. The van der Waals surface area contributed by atoms with Gasteiger partial charge in [-0.25, -0.2) is 12.8 Å². The van der Waals surface area contributed by atoms with Gasteiger partial charge in [-0.15, -0.1) is 0 Å². The topological polar surface area (TPSA) is 167 Å². The Bertz CT molecular complexity index is 1710. The summed E-state index contributed by atoms with van der Waals surface area (Å²) in [4.78, 5) is 37.8. The van der Waals surface area contributed by atoms with Crippen LogP contribution in [0.1, 0.15) is 42.5 Å². The van der Waals surface area contributed by atoms with Crippen molar-refractivity contribution in [2.45, 2.75) is 66.9 Å². The molecule has 17 heteroatoms. The molecule has 6 atom stereocenters. The van der Waals surface area contributed by atoms with E-state index >= 15 is 4.39 Å². The molecule has 6 rings (SSSR count). The van der Waals surface area contributed by atoms with Crippen LogP contribution in [0.15, 0.2) is 41.3 Å². The van der Waals surface area contributed by atoms with Crippen molar-refractivity contribution in [3.8, 4) is 11.5 Å². The molecule has 1 saturated heterocycles. The number of aliphatic carboxylic acids is 1. The number of carboxylic acid groups (broad SMARTS) is 1. The van der Waals surface area contributed by atoms with Crippen LogP contribution in [-0.4, -0.2) is 75.1 Å². The number of amides is 2. The minimum Gasteiger partial charge on any atom is -0.496 e. The Morgan fingerprint density at radius 3 is 2.31 bits per heavy atom. The van der Waals surface area contributed by atoms with Gasteiger partial charge in [-0.05, 0) is 56.4 Å². The molecular formula is C31H32F4N2O10S. The number of carboxylic acids is 1. The summed E-state index contributed by atoms with van der Waals surface area (Å²) in [7, 11) is -4.43. The van der Waals surface area contributed by atoms with Gasteiger partial charge in [0, 0.05) is 29.6 Å². The molecule has 1 heterocycles. The average molecular weight is 701 g/mol. The largest absolute Gasteiger partial charge is 0.501 e. The lowest BCUT2D eigenvalue weighted by Gasteiger charge is -2.36. The smallest absolute Gasteiger partial charge is 0.496 e. The number of nitrogens with one attached hydrogen (secondary N) is 2. The van der Waals surface area contributed by atoms with Crippen molar-refractivity contribution < 1.29 is 64.4 Å². The molecule has 0 spiro atoms. The Morgan fingerprint density at radius 2 is 1.67 bits per heavy atom. The third-order valence-corrected chi connectivity index (χ3v) is 11.2. The summed E-state index contributed by atoms with van der Waals surface area (Å²) in [5.41, 5.74) is -5.84. The summed E-state index contributed by atoms with van der Waals surface area (Å²) in [6, 6.07) is 5.09. The molecular weight excluding hydrogens is 668 g/mol. The fourth-order valence-corrected chi connectivity index (χ4v) is 8.21. The Hall–Kier alpha value is -3.96. The molecule has 4 aliphatic rings. The number of anilines is 1. The maximum Gasteiger partial charge on any atom is 0.501 e. The highest BCUT2D eigenvalue weighted by Gasteiger charge is 2.63. The molecule has 3 N–H and O–H groups in total. The fraction of sp³-hybridized carbons (Fsp3) is 0.516. The maximum absolute atomic E-state index is 15.0. The van der Waals surface area contributed by atoms with Crippen LogP contribution in [-0.2, 0) is 28.9 Å². The van der Waals surface area contributed by atoms with E-state index in [0.717, 1.165) is 18.2 Å². The minimum absolute atomic E-state index is 0.0322. The van der Waals surface area contributed by atoms with Crippen LogP contribution in [0.5, 0.6) is 11.5 Å². The number of rotatable bonds is 9. The number of hydrogen-bond donors (Lipinski definition) is 3. The number of methoxy groups -OCH3 is 1. The number of carbonyl (C=O) groups excluding carboxylic acids is 2. The van der Waals surface area contributed by atoms with E-state index in [1.807, 2.05) is 0 Å². The van der Waals surface area contributed by atoms with Crippen molar-refractivity contribution in [2.75, 3.05) is 19.2 Å². The molecule has 260 valence electrons. The lowest BCUT2D eigenvalue weighted by atomic mass is 9.80. The first-order chi connectivity index (χ1) is 22.7. The molecule has 12 nitrogen and oxygen atoms in total. The summed E-state index contributed by atoms with van der Waals surface area (Å²) in [5.74, 6) is -5.78. The zero-order valence-corrected chi connectivity index (χ0v) is 26.2. The van der Waals surface area contributed by atoms with Gasteiger partial charge in [-0.1, -0.05) is 6.07 Å². The first-order valence-electron chi connectivity index (χ1n) is 15.2. The summed E-state index contributed by atoms with van der Waals surface area (Å²) in [5, 5.41) is 14.6. The molecule has 2 bridgehead atoms. The van der Waals surface area contributed by atoms with E-state index in [1.165, 1.54) is 19.2 Å². The summed E-state index contributed by atoms with van der Waals surface area (Å²) < 4.78 is 101. The molecule has 2 aromatic rings. The number of halogens is 4. The van der Waals surface area contributed by atoms with Crippen LogP contribution < -0.4 is 20.1 Å². The van der Waals surface area contributed by atoms with Crippen molar-refractivity contribution in [1.29, 1.82) is 0 Å². The number of ether oxygens (including phenoxy) is 4. The quantitative estimate of drug-likeness (QED) is 0.327. The average Bonchev–Trinajstić information content (AvgIpc) is 3.75. The van der Waals surface area contributed by atoms with E-state index < -0.39 is 91.9 Å². The van der Waals surface area contributed by atoms with Gasteiger partial charge in [-0.2, -0.15) is 13.2 Å². The van der Waals surface area contributed by atoms with E-state index in [0.29, 0.717) is 38.2 Å². The monoisotopic (exact) mass is 700 g/mol. The predicted octanol–water partition coefficient (Wildman–Crippen LogP) is 3.89. The number of sulfone groups is 1. The van der Waals surface area contributed by atoms with Crippen molar-refractivity contribution in [3.63, 3.8) is 0 Å². The van der Waals surface area contributed by atoms with E-state index in [4.69, 9.17) is 18.9 Å². The number of benzene rings is 2. The fourth-order valence-electron chi connectivity index (χ4n) is 7.40. The highest BCUT2D eigenvalue weighted by Crippen LogP contribution is 2.53. The van der Waals surface area contributed by atoms with E-state index in [1.54, 1.807) is 0 Å². The highest BCUT2D eigenvalue weighted by molar-refractivity contribution is 7.92. The van der Waals surface area contributed by atoms with Crippen molar-refractivity contribution in [2.24, 2.45) is 23.7 Å². The maximum atomic E-state index is 15.0. The van der Waals surface area contributed by atoms with Crippen LogP contribution in [0.2, 0.25) is 0 Å². The summed E-state index contributed by atoms with van der Waals surface area (Å²) in [6.07, 6.45) is 0.480. The van der Waals surface area contributed by atoms with Crippen LogP contribution >= 0.6 is 0 Å². The molecule has 3 aliphatic carbocycles. The molecule has 2 aromatic carbocycles. The first kappa shape index (κ1) is 33.9. The molecule has 4 fully saturated rings. The van der Waals surface area contributed by atoms with E-state index in [9.17, 15) is 41.1 Å². The second-order valence-electron chi connectivity index (χ2n) is 12.3. The van der Waals surface area contributed by atoms with Crippen LogP contribution in [0.3, 0.4) is 0 Å². The SMILES string of the molecule is COc1cc(F)c(OC2CCC(C(=O)O)CC2)cc1C(=O)N[C@@H]1[C@@H]2C[C@@H]([C@@H]3OCO[C@@H]23)[C@@H]1C(=O)Nc1cccc(S(=O)(=O)C(F)(F)F)c1. The van der Waals surface area contributed by atoms with Crippen molar-refractivity contribution in [1.82, 2.24) is 5.32 Å². The van der Waals surface area contributed by atoms with Gasteiger partial charge in [-0.3, -0.25) is 14.4 Å². The third-order valence-electron chi connectivity index (χ3n) is 9.68. The highest BCUT2D eigenvalue weighted by atomic mass is 32.2. The molecule has 48 heavy (non-hydrogen) atoms. The molecule has 0 aromatic heterocycles. The van der Waals surface area contributed by atoms with Crippen LogP contribution in [0.4, 0.5) is 23.2 Å². The molecule has 2 amide bonds. The standard InChI is InChI=1S/C31H32F4N2O10S/c1-44-22-12-21(32)23(47-16-7-5-14(6-8-16)30(40)41)11-18(22)28(38)37-25-20-10-19(26-27(20)46-13-45-26)24(25)29(39)36-15-3-2-4-17(9-15)48(42,43)31(33,34)35/h2-4,9,11-12,14,16,19-20,24-27H,5-8,10,13H2,1H3,(H,36,39)(H,37,38)(H,40,41)/t14?,16?,19-,20+,24+,25-,26+,27+/m1/s1. The van der Waals surface area contributed by atoms with Crippen molar-refractivity contribution in [3.05, 3.63) is 47.8 Å². The van der Waals surface area contributed by atoms with Gasteiger partial charge in [0.25, 0.3) is 15.7 Å². The Kier molecular flexibility index (Phi) is 9.06. The second kappa shape index (κ2) is 12.8. The summed E-state index contributed by atoms with van der Waals surface area (Å²) in [6.45, 7) is -0.0322. The van der Waals surface area contributed by atoms with Gasteiger partial charge >= 0.3 is 11.5 Å².